The summed E-state index contributed by atoms with van der Waals surface area (Å²) in [4.78, 5) is 12.2. The molecule has 3 rings (SSSR count). The van der Waals surface area contributed by atoms with E-state index in [2.05, 4.69) is 15.9 Å². The molecule has 1 aliphatic rings. The van der Waals surface area contributed by atoms with Gasteiger partial charge in [-0.2, -0.15) is 0 Å². The van der Waals surface area contributed by atoms with E-state index in [0.717, 1.165) is 22.4 Å². The maximum Gasteiger partial charge on any atom is 0.201 e. The van der Waals surface area contributed by atoms with Crippen LogP contribution in [-0.2, 0) is 0 Å². The lowest BCUT2D eigenvalue weighted by atomic mass is 9.99. The highest BCUT2D eigenvalue weighted by Gasteiger charge is 2.29. The zero-order chi connectivity index (χ0) is 13.4. The largest absolute Gasteiger partial charge is 0.497 e. The van der Waals surface area contributed by atoms with Crippen LogP contribution < -0.4 is 4.74 Å². The molecule has 2 nitrogen and oxygen atoms in total. The molecule has 0 amide bonds. The van der Waals surface area contributed by atoms with Crippen molar-refractivity contribution in [3.8, 4) is 5.75 Å². The van der Waals surface area contributed by atoms with Crippen molar-refractivity contribution in [1.82, 2.24) is 0 Å². The molecule has 0 N–H and O–H groups in total. The standard InChI is InChI=1S/C16H11BrO2/c1-19-11-7-8-12-13(9-11)14(15(17)16(12)18)10-5-3-2-4-6-10/h2-9H,1H3. The van der Waals surface area contributed by atoms with E-state index in [9.17, 15) is 4.79 Å². The Balaban J connectivity index is 2.24. The quantitative estimate of drug-likeness (QED) is 0.836. The molecule has 1 aliphatic carbocycles. The van der Waals surface area contributed by atoms with E-state index in [1.165, 1.54) is 0 Å². The summed E-state index contributed by atoms with van der Waals surface area (Å²) in [6.45, 7) is 0. The maximum absolute atomic E-state index is 12.2. The molecule has 2 aromatic rings. The molecule has 3 heteroatoms. The highest BCUT2D eigenvalue weighted by atomic mass is 79.9. The summed E-state index contributed by atoms with van der Waals surface area (Å²) in [6, 6.07) is 15.4. The number of carbonyl (C=O) groups excluding carboxylic acids is 1. The zero-order valence-electron chi connectivity index (χ0n) is 10.3. The van der Waals surface area contributed by atoms with Gasteiger partial charge in [0, 0.05) is 11.1 Å². The van der Waals surface area contributed by atoms with Gasteiger partial charge in [0.1, 0.15) is 5.75 Å². The number of fused-ring (bicyclic) bond motifs is 1. The van der Waals surface area contributed by atoms with Gasteiger partial charge in [-0.15, -0.1) is 0 Å². The third-order valence-corrected chi connectivity index (χ3v) is 3.98. The Kier molecular flexibility index (Phi) is 2.99. The van der Waals surface area contributed by atoms with E-state index in [4.69, 9.17) is 4.74 Å². The van der Waals surface area contributed by atoms with Crippen LogP contribution in [0.15, 0.2) is 53.0 Å². The van der Waals surface area contributed by atoms with Crippen LogP contribution in [0.5, 0.6) is 5.75 Å². The van der Waals surface area contributed by atoms with Gasteiger partial charge >= 0.3 is 0 Å². The van der Waals surface area contributed by atoms with Gasteiger partial charge in [-0.3, -0.25) is 4.79 Å². The molecule has 0 aromatic heterocycles. The van der Waals surface area contributed by atoms with Crippen LogP contribution in [0.3, 0.4) is 0 Å². The number of ether oxygens (including phenoxy) is 1. The van der Waals surface area contributed by atoms with Crippen molar-refractivity contribution < 1.29 is 9.53 Å². The van der Waals surface area contributed by atoms with E-state index in [1.807, 2.05) is 48.5 Å². The fourth-order valence-corrected chi connectivity index (χ4v) is 2.95. The third-order valence-electron chi connectivity index (χ3n) is 3.22. The summed E-state index contributed by atoms with van der Waals surface area (Å²) in [5.41, 5.74) is 3.59. The monoisotopic (exact) mass is 314 g/mol. The molecule has 94 valence electrons. The number of methoxy groups -OCH3 is 1. The fraction of sp³-hybridized carbons (Fsp3) is 0.0625. The molecule has 0 fully saturated rings. The Morgan fingerprint density at radius 3 is 2.42 bits per heavy atom. The predicted octanol–water partition coefficient (Wildman–Crippen LogP) is 4.05. The molecule has 0 saturated carbocycles. The van der Waals surface area contributed by atoms with Crippen LogP contribution in [0.25, 0.3) is 5.57 Å². The average Bonchev–Trinajstić information content (AvgIpc) is 2.71. The third kappa shape index (κ3) is 1.90. The smallest absolute Gasteiger partial charge is 0.201 e. The summed E-state index contributed by atoms with van der Waals surface area (Å²) >= 11 is 3.42. The lowest BCUT2D eigenvalue weighted by Crippen LogP contribution is -1.94. The van der Waals surface area contributed by atoms with Crippen molar-refractivity contribution >= 4 is 27.3 Å². The topological polar surface area (TPSA) is 26.3 Å². The number of benzene rings is 2. The molecule has 0 atom stereocenters. The Bertz CT molecular complexity index is 687. The first-order valence-electron chi connectivity index (χ1n) is 5.90. The number of halogens is 1. The van der Waals surface area contributed by atoms with Crippen LogP contribution in [0.1, 0.15) is 21.5 Å². The molecule has 0 spiro atoms. The van der Waals surface area contributed by atoms with Crippen LogP contribution >= 0.6 is 15.9 Å². The van der Waals surface area contributed by atoms with E-state index >= 15 is 0 Å². The molecular formula is C16H11BrO2. The highest BCUT2D eigenvalue weighted by Crippen LogP contribution is 2.41. The second kappa shape index (κ2) is 4.67. The minimum atomic E-state index is 0.0245. The molecule has 0 bridgehead atoms. The molecule has 0 radical (unpaired) electrons. The second-order valence-electron chi connectivity index (χ2n) is 4.30. The summed E-state index contributed by atoms with van der Waals surface area (Å²) in [7, 11) is 1.62. The van der Waals surface area contributed by atoms with Crippen molar-refractivity contribution in [2.45, 2.75) is 0 Å². The van der Waals surface area contributed by atoms with Crippen molar-refractivity contribution in [3.05, 3.63) is 69.7 Å². The summed E-state index contributed by atoms with van der Waals surface area (Å²) < 4.78 is 5.86. The first kappa shape index (κ1) is 12.2. The normalized spacial score (nSPS) is 13.7. The number of Topliss-reactive ketones (excluding diaryl/α,β-unsaturated/α-hetero) is 1. The number of allylic oxidation sites excluding steroid dienone is 1. The summed E-state index contributed by atoms with van der Waals surface area (Å²) in [6.07, 6.45) is 0. The van der Waals surface area contributed by atoms with Crippen molar-refractivity contribution in [2.24, 2.45) is 0 Å². The number of hydrogen-bond acceptors (Lipinski definition) is 2. The van der Waals surface area contributed by atoms with Gasteiger partial charge in [-0.05, 0) is 45.3 Å². The molecular weight excluding hydrogens is 304 g/mol. The van der Waals surface area contributed by atoms with Crippen molar-refractivity contribution in [3.63, 3.8) is 0 Å². The molecule has 0 heterocycles. The van der Waals surface area contributed by atoms with E-state index in [1.54, 1.807) is 7.11 Å². The lowest BCUT2D eigenvalue weighted by molar-refractivity contribution is 0.104. The van der Waals surface area contributed by atoms with Crippen molar-refractivity contribution in [1.29, 1.82) is 0 Å². The van der Waals surface area contributed by atoms with Gasteiger partial charge in [-0.1, -0.05) is 30.3 Å². The van der Waals surface area contributed by atoms with Gasteiger partial charge in [0.05, 0.1) is 11.6 Å². The van der Waals surface area contributed by atoms with Crippen molar-refractivity contribution in [2.75, 3.05) is 7.11 Å². The Labute approximate surface area is 119 Å². The molecule has 2 aromatic carbocycles. The summed E-state index contributed by atoms with van der Waals surface area (Å²) in [5, 5.41) is 0. The van der Waals surface area contributed by atoms with Crippen LogP contribution in [0.4, 0.5) is 0 Å². The second-order valence-corrected chi connectivity index (χ2v) is 5.09. The van der Waals surface area contributed by atoms with Gasteiger partial charge in [0.25, 0.3) is 0 Å². The maximum atomic E-state index is 12.2. The Hall–Kier alpha value is -1.87. The van der Waals surface area contributed by atoms with E-state index < -0.39 is 0 Å². The minimum absolute atomic E-state index is 0.0245. The minimum Gasteiger partial charge on any atom is -0.497 e. The van der Waals surface area contributed by atoms with E-state index in [-0.39, 0.29) is 5.78 Å². The van der Waals surface area contributed by atoms with Gasteiger partial charge in [-0.25, -0.2) is 0 Å². The van der Waals surface area contributed by atoms with Crippen LogP contribution in [0.2, 0.25) is 0 Å². The van der Waals surface area contributed by atoms with Gasteiger partial charge in [0.15, 0.2) is 0 Å². The molecule has 0 aliphatic heterocycles. The van der Waals surface area contributed by atoms with Crippen LogP contribution in [-0.4, -0.2) is 12.9 Å². The Morgan fingerprint density at radius 1 is 1.00 bits per heavy atom. The first-order chi connectivity index (χ1) is 9.22. The number of rotatable bonds is 2. The SMILES string of the molecule is COc1ccc2c(c1)C(c1ccccc1)=C(Br)C2=O. The van der Waals surface area contributed by atoms with E-state index in [0.29, 0.717) is 10.0 Å². The molecule has 0 saturated heterocycles. The first-order valence-corrected chi connectivity index (χ1v) is 6.70. The average molecular weight is 315 g/mol. The fourth-order valence-electron chi connectivity index (χ4n) is 2.29. The summed E-state index contributed by atoms with van der Waals surface area (Å²) in [5.74, 6) is 0.777. The molecule has 19 heavy (non-hydrogen) atoms. The number of hydrogen-bond donors (Lipinski definition) is 0. The zero-order valence-corrected chi connectivity index (χ0v) is 11.9. The van der Waals surface area contributed by atoms with Crippen LogP contribution in [0, 0.1) is 0 Å². The van der Waals surface area contributed by atoms with Gasteiger partial charge in [0.2, 0.25) is 5.78 Å². The number of ketones is 1. The predicted molar refractivity (Wildman–Crippen MR) is 78.7 cm³/mol. The molecule has 0 unspecified atom stereocenters. The lowest BCUT2D eigenvalue weighted by Gasteiger charge is -2.07. The van der Waals surface area contributed by atoms with Gasteiger partial charge < -0.3 is 4.74 Å². The Morgan fingerprint density at radius 2 is 1.74 bits per heavy atom. The highest BCUT2D eigenvalue weighted by molar-refractivity contribution is 9.12. The number of carbonyl (C=O) groups is 1.